The first-order valence-corrected chi connectivity index (χ1v) is 6.31. The molecule has 0 aliphatic carbocycles. The third kappa shape index (κ3) is 2.71. The Morgan fingerprint density at radius 3 is 2.85 bits per heavy atom. The van der Waals surface area contributed by atoms with Crippen LogP contribution >= 0.6 is 0 Å². The van der Waals surface area contributed by atoms with Crippen molar-refractivity contribution in [1.82, 2.24) is 25.0 Å². The summed E-state index contributed by atoms with van der Waals surface area (Å²) in [7, 11) is 0. The second-order valence-corrected chi connectivity index (χ2v) is 4.06. The molecule has 0 spiro atoms. The molecule has 0 aliphatic rings. The number of nitro groups is 1. The van der Waals surface area contributed by atoms with Crippen LogP contribution in [-0.2, 0) is 6.54 Å². The first-order chi connectivity index (χ1) is 9.67. The molecular formula is C11H15N7O2. The van der Waals surface area contributed by atoms with Gasteiger partial charge in [0.2, 0.25) is 5.95 Å². The number of aryl methyl sites for hydroxylation is 1. The number of nitrogens with zero attached hydrogens (tertiary/aromatic N) is 6. The minimum atomic E-state index is -0.506. The SMILES string of the molecule is CCCn1nncc1-c1nc(NCC)ncc1[N+](=O)[O-]. The predicted octanol–water partition coefficient (Wildman–Crippen LogP) is 1.49. The summed E-state index contributed by atoms with van der Waals surface area (Å²) in [4.78, 5) is 18.7. The van der Waals surface area contributed by atoms with E-state index >= 15 is 0 Å². The van der Waals surface area contributed by atoms with Crippen LogP contribution in [0.3, 0.4) is 0 Å². The van der Waals surface area contributed by atoms with Crippen molar-refractivity contribution < 1.29 is 4.92 Å². The first kappa shape index (κ1) is 13.8. The lowest BCUT2D eigenvalue weighted by Gasteiger charge is -2.07. The number of anilines is 1. The largest absolute Gasteiger partial charge is 0.354 e. The maximum absolute atomic E-state index is 11.1. The van der Waals surface area contributed by atoms with E-state index in [1.54, 1.807) is 4.68 Å². The van der Waals surface area contributed by atoms with E-state index in [0.29, 0.717) is 24.7 Å². The third-order valence-electron chi connectivity index (χ3n) is 2.60. The molecule has 0 radical (unpaired) electrons. The van der Waals surface area contributed by atoms with Gasteiger partial charge in [0.1, 0.15) is 11.9 Å². The fraction of sp³-hybridized carbons (Fsp3) is 0.455. The van der Waals surface area contributed by atoms with Gasteiger partial charge in [-0.2, -0.15) is 0 Å². The molecule has 2 heterocycles. The lowest BCUT2D eigenvalue weighted by molar-refractivity contribution is -0.384. The van der Waals surface area contributed by atoms with Crippen LogP contribution < -0.4 is 5.32 Å². The summed E-state index contributed by atoms with van der Waals surface area (Å²) in [5.74, 6) is 0.345. The van der Waals surface area contributed by atoms with Crippen LogP contribution in [0.25, 0.3) is 11.4 Å². The second kappa shape index (κ2) is 6.04. The maximum atomic E-state index is 11.1. The Balaban J connectivity index is 2.53. The molecule has 0 fully saturated rings. The number of rotatable bonds is 6. The van der Waals surface area contributed by atoms with Crippen LogP contribution in [0.1, 0.15) is 20.3 Å². The van der Waals surface area contributed by atoms with E-state index in [0.717, 1.165) is 6.42 Å². The topological polar surface area (TPSA) is 112 Å². The van der Waals surface area contributed by atoms with Gasteiger partial charge in [-0.05, 0) is 13.3 Å². The summed E-state index contributed by atoms with van der Waals surface area (Å²) in [6.07, 6.45) is 3.51. The van der Waals surface area contributed by atoms with Crippen molar-refractivity contribution in [2.24, 2.45) is 0 Å². The van der Waals surface area contributed by atoms with Crippen molar-refractivity contribution in [3.63, 3.8) is 0 Å². The van der Waals surface area contributed by atoms with Crippen molar-refractivity contribution in [3.05, 3.63) is 22.5 Å². The maximum Gasteiger partial charge on any atom is 0.315 e. The van der Waals surface area contributed by atoms with Crippen LogP contribution in [0.5, 0.6) is 0 Å². The van der Waals surface area contributed by atoms with Gasteiger partial charge in [0.05, 0.1) is 11.1 Å². The first-order valence-electron chi connectivity index (χ1n) is 6.31. The Hall–Kier alpha value is -2.58. The molecule has 9 nitrogen and oxygen atoms in total. The monoisotopic (exact) mass is 277 g/mol. The quantitative estimate of drug-likeness (QED) is 0.628. The molecule has 0 atom stereocenters. The molecular weight excluding hydrogens is 262 g/mol. The molecule has 0 aromatic carbocycles. The minimum Gasteiger partial charge on any atom is -0.354 e. The zero-order valence-corrected chi connectivity index (χ0v) is 11.3. The second-order valence-electron chi connectivity index (χ2n) is 4.06. The van der Waals surface area contributed by atoms with Crippen molar-refractivity contribution in [3.8, 4) is 11.4 Å². The molecule has 106 valence electrons. The van der Waals surface area contributed by atoms with Crippen LogP contribution in [0.4, 0.5) is 11.6 Å². The van der Waals surface area contributed by atoms with Gasteiger partial charge in [-0.25, -0.2) is 14.6 Å². The van der Waals surface area contributed by atoms with E-state index < -0.39 is 4.92 Å². The predicted molar refractivity (Wildman–Crippen MR) is 72.2 cm³/mol. The smallest absolute Gasteiger partial charge is 0.315 e. The molecule has 0 amide bonds. The zero-order valence-electron chi connectivity index (χ0n) is 11.3. The van der Waals surface area contributed by atoms with Gasteiger partial charge in [-0.3, -0.25) is 10.1 Å². The number of hydrogen-bond donors (Lipinski definition) is 1. The molecule has 2 aromatic rings. The molecule has 1 N–H and O–H groups in total. The van der Waals surface area contributed by atoms with Gasteiger partial charge in [0, 0.05) is 13.1 Å². The molecule has 0 bridgehead atoms. The van der Waals surface area contributed by atoms with E-state index in [1.165, 1.54) is 12.4 Å². The molecule has 2 rings (SSSR count). The van der Waals surface area contributed by atoms with Crippen LogP contribution in [-0.4, -0.2) is 36.4 Å². The summed E-state index contributed by atoms with van der Waals surface area (Å²) >= 11 is 0. The highest BCUT2D eigenvalue weighted by Crippen LogP contribution is 2.27. The Morgan fingerprint density at radius 2 is 2.20 bits per heavy atom. The molecule has 0 saturated carbocycles. The van der Waals surface area contributed by atoms with E-state index in [1.807, 2.05) is 13.8 Å². The Kier molecular flexibility index (Phi) is 4.18. The summed E-state index contributed by atoms with van der Waals surface area (Å²) in [5, 5.41) is 21.8. The lowest BCUT2D eigenvalue weighted by Crippen LogP contribution is -2.08. The van der Waals surface area contributed by atoms with Crippen molar-refractivity contribution >= 4 is 11.6 Å². The van der Waals surface area contributed by atoms with Gasteiger partial charge in [-0.15, -0.1) is 5.10 Å². The van der Waals surface area contributed by atoms with Gasteiger partial charge in [0.15, 0.2) is 5.69 Å². The van der Waals surface area contributed by atoms with Crippen LogP contribution in [0.2, 0.25) is 0 Å². The average molecular weight is 277 g/mol. The summed E-state index contributed by atoms with van der Waals surface area (Å²) in [6.45, 7) is 5.13. The van der Waals surface area contributed by atoms with E-state index in [4.69, 9.17) is 0 Å². The fourth-order valence-electron chi connectivity index (χ4n) is 1.76. The van der Waals surface area contributed by atoms with Gasteiger partial charge in [0.25, 0.3) is 0 Å². The number of hydrogen-bond acceptors (Lipinski definition) is 7. The van der Waals surface area contributed by atoms with Crippen LogP contribution in [0.15, 0.2) is 12.4 Å². The van der Waals surface area contributed by atoms with Gasteiger partial charge in [-0.1, -0.05) is 12.1 Å². The Labute approximate surface area is 115 Å². The summed E-state index contributed by atoms with van der Waals surface area (Å²) < 4.78 is 1.60. The van der Waals surface area contributed by atoms with Crippen LogP contribution in [0, 0.1) is 10.1 Å². The zero-order chi connectivity index (χ0) is 14.5. The molecule has 0 aliphatic heterocycles. The molecule has 0 saturated heterocycles. The highest BCUT2D eigenvalue weighted by atomic mass is 16.6. The third-order valence-corrected chi connectivity index (χ3v) is 2.60. The van der Waals surface area contributed by atoms with Crippen molar-refractivity contribution in [2.45, 2.75) is 26.8 Å². The highest BCUT2D eigenvalue weighted by molar-refractivity contribution is 5.66. The highest BCUT2D eigenvalue weighted by Gasteiger charge is 2.22. The normalized spacial score (nSPS) is 10.5. The van der Waals surface area contributed by atoms with Crippen molar-refractivity contribution in [1.29, 1.82) is 0 Å². The summed E-state index contributed by atoms with van der Waals surface area (Å²) in [5.41, 5.74) is 0.575. The Morgan fingerprint density at radius 1 is 1.40 bits per heavy atom. The molecule has 0 unspecified atom stereocenters. The van der Waals surface area contributed by atoms with E-state index in [9.17, 15) is 10.1 Å². The molecule has 2 aromatic heterocycles. The van der Waals surface area contributed by atoms with Gasteiger partial charge >= 0.3 is 5.69 Å². The average Bonchev–Trinajstić information content (AvgIpc) is 2.87. The van der Waals surface area contributed by atoms with Gasteiger partial charge < -0.3 is 5.32 Å². The van der Waals surface area contributed by atoms with E-state index in [-0.39, 0.29) is 11.4 Å². The molecule has 20 heavy (non-hydrogen) atoms. The standard InChI is InChI=1S/C11H15N7O2/c1-3-5-17-8(7-14-16-17)10-9(18(19)20)6-13-11(15-10)12-4-2/h6-7H,3-5H2,1-2H3,(H,12,13,15). The molecule has 9 heteroatoms. The fourth-order valence-corrected chi connectivity index (χ4v) is 1.76. The number of aromatic nitrogens is 5. The number of nitrogens with one attached hydrogen (secondary N) is 1. The Bertz CT molecular complexity index is 611. The summed E-state index contributed by atoms with van der Waals surface area (Å²) in [6, 6.07) is 0. The van der Waals surface area contributed by atoms with Crippen molar-refractivity contribution in [2.75, 3.05) is 11.9 Å². The minimum absolute atomic E-state index is 0.161. The van der Waals surface area contributed by atoms with E-state index in [2.05, 4.69) is 25.6 Å². The lowest BCUT2D eigenvalue weighted by atomic mass is 10.2.